The van der Waals surface area contributed by atoms with Crippen molar-refractivity contribution in [1.82, 2.24) is 4.90 Å². The Morgan fingerprint density at radius 1 is 1.32 bits per heavy atom. The topological polar surface area (TPSA) is 15.3 Å². The summed E-state index contributed by atoms with van der Waals surface area (Å²) in [5, 5.41) is 3.46. The highest BCUT2D eigenvalue weighted by atomic mass is 79.9. The third-order valence-corrected chi connectivity index (χ3v) is 4.43. The van der Waals surface area contributed by atoms with Crippen molar-refractivity contribution in [2.45, 2.75) is 45.2 Å². The smallest absolute Gasteiger partial charge is 0.139 e. The fourth-order valence-electron chi connectivity index (χ4n) is 2.60. The summed E-state index contributed by atoms with van der Waals surface area (Å²) in [6.45, 7) is 6.79. The molecule has 1 heterocycles. The van der Waals surface area contributed by atoms with Crippen LogP contribution in [0.2, 0.25) is 0 Å². The summed E-state index contributed by atoms with van der Waals surface area (Å²) in [4.78, 5) is 2.52. The molecule has 1 aromatic rings. The lowest BCUT2D eigenvalue weighted by Gasteiger charge is -2.24. The molecule has 4 heteroatoms. The molecule has 0 amide bonds. The highest BCUT2D eigenvalue weighted by Gasteiger charge is 2.18. The Morgan fingerprint density at radius 2 is 2.11 bits per heavy atom. The van der Waals surface area contributed by atoms with Crippen LogP contribution in [0.4, 0.5) is 10.1 Å². The van der Waals surface area contributed by atoms with Gasteiger partial charge in [0.1, 0.15) is 5.82 Å². The van der Waals surface area contributed by atoms with E-state index in [1.165, 1.54) is 13.0 Å². The summed E-state index contributed by atoms with van der Waals surface area (Å²) in [6.07, 6.45) is 3.48. The molecule has 1 aromatic carbocycles. The standard InChI is InChI=1S/C15H22BrFN2/c1-11(2)19-8-3-4-12(7-9-19)18-13-5-6-14(16)15(17)10-13/h5-6,10-12,18H,3-4,7-9H2,1-2H3. The molecule has 1 atom stereocenters. The van der Waals surface area contributed by atoms with E-state index < -0.39 is 0 Å². The summed E-state index contributed by atoms with van der Waals surface area (Å²) < 4.78 is 14.0. The van der Waals surface area contributed by atoms with E-state index in [-0.39, 0.29) is 5.82 Å². The summed E-state index contributed by atoms with van der Waals surface area (Å²) >= 11 is 3.18. The van der Waals surface area contributed by atoms with Gasteiger partial charge in [0, 0.05) is 24.3 Å². The van der Waals surface area contributed by atoms with Gasteiger partial charge in [-0.15, -0.1) is 0 Å². The average molecular weight is 329 g/mol. The number of benzene rings is 1. The molecule has 1 fully saturated rings. The van der Waals surface area contributed by atoms with Crippen LogP contribution in [0.3, 0.4) is 0 Å². The van der Waals surface area contributed by atoms with Crippen LogP contribution < -0.4 is 5.32 Å². The second-order valence-corrected chi connectivity index (χ2v) is 6.39. The van der Waals surface area contributed by atoms with Crippen molar-refractivity contribution in [3.8, 4) is 0 Å². The van der Waals surface area contributed by atoms with Crippen LogP contribution in [0.5, 0.6) is 0 Å². The molecule has 1 aliphatic rings. The van der Waals surface area contributed by atoms with Crippen LogP contribution >= 0.6 is 15.9 Å². The number of rotatable bonds is 3. The normalized spacial score (nSPS) is 21.4. The summed E-state index contributed by atoms with van der Waals surface area (Å²) in [5.74, 6) is -0.206. The Labute approximate surface area is 123 Å². The number of anilines is 1. The first kappa shape index (κ1) is 14.8. The van der Waals surface area contributed by atoms with E-state index in [2.05, 4.69) is 40.0 Å². The van der Waals surface area contributed by atoms with Gasteiger partial charge < -0.3 is 10.2 Å². The molecule has 0 radical (unpaired) electrons. The van der Waals surface area contributed by atoms with Gasteiger partial charge >= 0.3 is 0 Å². The number of hydrogen-bond acceptors (Lipinski definition) is 2. The summed E-state index contributed by atoms with van der Waals surface area (Å²) in [6, 6.07) is 6.32. The Kier molecular flexibility index (Phi) is 5.22. The van der Waals surface area contributed by atoms with Crippen LogP contribution in [-0.4, -0.2) is 30.1 Å². The first-order valence-corrected chi connectivity index (χ1v) is 7.81. The van der Waals surface area contributed by atoms with Crippen LogP contribution in [0.1, 0.15) is 33.1 Å². The minimum atomic E-state index is -0.206. The maximum Gasteiger partial charge on any atom is 0.139 e. The van der Waals surface area contributed by atoms with E-state index in [9.17, 15) is 4.39 Å². The zero-order valence-electron chi connectivity index (χ0n) is 11.6. The predicted octanol–water partition coefficient (Wildman–Crippen LogP) is 4.26. The number of nitrogens with one attached hydrogen (secondary N) is 1. The first-order chi connectivity index (χ1) is 9.06. The molecule has 0 spiro atoms. The Balaban J connectivity index is 1.94. The van der Waals surface area contributed by atoms with Gasteiger partial charge in [-0.2, -0.15) is 0 Å². The van der Waals surface area contributed by atoms with E-state index in [1.54, 1.807) is 12.1 Å². The van der Waals surface area contributed by atoms with Crippen LogP contribution in [0, 0.1) is 5.82 Å². The maximum absolute atomic E-state index is 13.5. The molecule has 0 aliphatic carbocycles. The molecule has 0 saturated carbocycles. The molecule has 2 nitrogen and oxygen atoms in total. The molecular weight excluding hydrogens is 307 g/mol. The third-order valence-electron chi connectivity index (χ3n) is 3.78. The predicted molar refractivity (Wildman–Crippen MR) is 82.1 cm³/mol. The van der Waals surface area contributed by atoms with E-state index in [0.29, 0.717) is 16.6 Å². The average Bonchev–Trinajstić information content (AvgIpc) is 2.59. The minimum absolute atomic E-state index is 0.206. The Hall–Kier alpha value is -0.610. The molecule has 1 saturated heterocycles. The largest absolute Gasteiger partial charge is 0.382 e. The van der Waals surface area contributed by atoms with E-state index in [1.807, 2.05) is 6.07 Å². The van der Waals surface area contributed by atoms with Gasteiger partial charge in [-0.3, -0.25) is 0 Å². The molecule has 0 bridgehead atoms. The molecule has 1 aliphatic heterocycles. The Bertz CT molecular complexity index is 423. The van der Waals surface area contributed by atoms with E-state index >= 15 is 0 Å². The Morgan fingerprint density at radius 3 is 2.79 bits per heavy atom. The third kappa shape index (κ3) is 4.18. The number of hydrogen-bond donors (Lipinski definition) is 1. The highest BCUT2D eigenvalue weighted by molar-refractivity contribution is 9.10. The van der Waals surface area contributed by atoms with Crippen molar-refractivity contribution in [2.75, 3.05) is 18.4 Å². The van der Waals surface area contributed by atoms with Gasteiger partial charge in [0.15, 0.2) is 0 Å². The number of likely N-dealkylation sites (tertiary alicyclic amines) is 1. The minimum Gasteiger partial charge on any atom is -0.382 e. The van der Waals surface area contributed by atoms with Crippen molar-refractivity contribution in [1.29, 1.82) is 0 Å². The highest BCUT2D eigenvalue weighted by Crippen LogP contribution is 2.22. The quantitative estimate of drug-likeness (QED) is 0.891. The van der Waals surface area contributed by atoms with Gasteiger partial charge in [0.2, 0.25) is 0 Å². The first-order valence-electron chi connectivity index (χ1n) is 7.02. The lowest BCUT2D eigenvalue weighted by atomic mass is 10.1. The van der Waals surface area contributed by atoms with Gasteiger partial charge in [-0.1, -0.05) is 0 Å². The fraction of sp³-hybridized carbons (Fsp3) is 0.600. The fourth-order valence-corrected chi connectivity index (χ4v) is 2.85. The zero-order chi connectivity index (χ0) is 13.8. The van der Waals surface area contributed by atoms with Crippen molar-refractivity contribution in [3.05, 3.63) is 28.5 Å². The van der Waals surface area contributed by atoms with E-state index in [4.69, 9.17) is 0 Å². The second-order valence-electron chi connectivity index (χ2n) is 5.53. The number of nitrogens with zero attached hydrogens (tertiary/aromatic N) is 1. The monoisotopic (exact) mass is 328 g/mol. The van der Waals surface area contributed by atoms with Gasteiger partial charge in [0.25, 0.3) is 0 Å². The lowest BCUT2D eigenvalue weighted by molar-refractivity contribution is 0.230. The van der Waals surface area contributed by atoms with E-state index in [0.717, 1.165) is 25.1 Å². The molecule has 106 valence electrons. The van der Waals surface area contributed by atoms with Gasteiger partial charge in [-0.25, -0.2) is 4.39 Å². The molecule has 1 unspecified atom stereocenters. The van der Waals surface area contributed by atoms with Crippen LogP contribution in [-0.2, 0) is 0 Å². The SMILES string of the molecule is CC(C)N1CCCC(Nc2ccc(Br)c(F)c2)CC1. The van der Waals surface area contributed by atoms with Crippen molar-refractivity contribution >= 4 is 21.6 Å². The summed E-state index contributed by atoms with van der Waals surface area (Å²) in [5.41, 5.74) is 0.878. The van der Waals surface area contributed by atoms with Crippen molar-refractivity contribution in [2.24, 2.45) is 0 Å². The molecule has 2 rings (SSSR count). The number of halogens is 2. The lowest BCUT2D eigenvalue weighted by Crippen LogP contribution is -2.32. The zero-order valence-corrected chi connectivity index (χ0v) is 13.2. The summed E-state index contributed by atoms with van der Waals surface area (Å²) in [7, 11) is 0. The van der Waals surface area contributed by atoms with Crippen LogP contribution in [0.15, 0.2) is 22.7 Å². The van der Waals surface area contributed by atoms with Crippen molar-refractivity contribution < 1.29 is 4.39 Å². The maximum atomic E-state index is 13.5. The molecule has 19 heavy (non-hydrogen) atoms. The second kappa shape index (κ2) is 6.71. The molecule has 1 N–H and O–H groups in total. The van der Waals surface area contributed by atoms with Crippen molar-refractivity contribution in [3.63, 3.8) is 0 Å². The van der Waals surface area contributed by atoms with Gasteiger partial charge in [-0.05, 0) is 73.8 Å². The van der Waals surface area contributed by atoms with Crippen LogP contribution in [0.25, 0.3) is 0 Å². The molecular formula is C15H22BrFN2. The van der Waals surface area contributed by atoms with Gasteiger partial charge in [0.05, 0.1) is 4.47 Å². The molecule has 0 aromatic heterocycles.